The molecule has 7 heteroatoms. The summed E-state index contributed by atoms with van der Waals surface area (Å²) in [6.07, 6.45) is 4.04. The Morgan fingerprint density at radius 2 is 2.19 bits per heavy atom. The zero-order valence-corrected chi connectivity index (χ0v) is 8.03. The molecule has 0 atom stereocenters. The molecule has 7 nitrogen and oxygen atoms in total. The number of anilines is 1. The van der Waals surface area contributed by atoms with Gasteiger partial charge in [0, 0.05) is 12.4 Å². The number of carboxylic acid groups (broad SMARTS) is 1. The van der Waals surface area contributed by atoms with Gasteiger partial charge in [-0.1, -0.05) is 0 Å². The van der Waals surface area contributed by atoms with E-state index in [4.69, 9.17) is 10.8 Å². The number of rotatable bonds is 2. The van der Waals surface area contributed by atoms with Gasteiger partial charge < -0.3 is 10.8 Å². The van der Waals surface area contributed by atoms with Crippen molar-refractivity contribution in [3.05, 3.63) is 30.4 Å². The fourth-order valence-corrected chi connectivity index (χ4v) is 1.11. The molecule has 3 N–H and O–H groups in total. The largest absolute Gasteiger partial charge is 0.477 e. The van der Waals surface area contributed by atoms with Crippen LogP contribution in [0.15, 0.2) is 24.8 Å². The lowest BCUT2D eigenvalue weighted by atomic mass is 10.3. The summed E-state index contributed by atoms with van der Waals surface area (Å²) in [5.74, 6) is -0.979. The summed E-state index contributed by atoms with van der Waals surface area (Å²) in [6.45, 7) is 0. The minimum Gasteiger partial charge on any atom is -0.477 e. The van der Waals surface area contributed by atoms with Crippen LogP contribution >= 0.6 is 0 Å². The van der Waals surface area contributed by atoms with Crippen molar-refractivity contribution in [1.29, 1.82) is 0 Å². The van der Waals surface area contributed by atoms with Crippen molar-refractivity contribution >= 4 is 11.8 Å². The molecule has 0 saturated heterocycles. The lowest BCUT2D eigenvalue weighted by molar-refractivity contribution is 0.0697. The third-order valence-corrected chi connectivity index (χ3v) is 1.86. The molecule has 2 rings (SSSR count). The molecule has 0 aliphatic heterocycles. The van der Waals surface area contributed by atoms with Crippen LogP contribution in [0.1, 0.15) is 10.4 Å². The summed E-state index contributed by atoms with van der Waals surface area (Å²) in [5.41, 5.74) is 5.84. The van der Waals surface area contributed by atoms with E-state index in [-0.39, 0.29) is 17.2 Å². The van der Waals surface area contributed by atoms with Crippen LogP contribution in [0, 0.1) is 0 Å². The number of nitrogens with two attached hydrogens (primary N) is 1. The number of carbonyl (C=O) groups is 1. The second-order valence-corrected chi connectivity index (χ2v) is 2.89. The predicted octanol–water partition coefficient (Wildman–Crippen LogP) is 0.214. The Hall–Kier alpha value is -2.57. The maximum absolute atomic E-state index is 10.7. The van der Waals surface area contributed by atoms with E-state index in [2.05, 4.69) is 19.9 Å². The van der Waals surface area contributed by atoms with Gasteiger partial charge in [-0.05, 0) is 6.07 Å². The maximum Gasteiger partial charge on any atom is 0.341 e. The quantitative estimate of drug-likeness (QED) is 0.738. The molecule has 2 heterocycles. The van der Waals surface area contributed by atoms with Gasteiger partial charge in [-0.2, -0.15) is 0 Å². The second kappa shape index (κ2) is 3.89. The molecule has 0 spiro atoms. The topological polar surface area (TPSA) is 115 Å². The Labute approximate surface area is 90.0 Å². The first-order valence-corrected chi connectivity index (χ1v) is 4.30. The molecule has 80 valence electrons. The smallest absolute Gasteiger partial charge is 0.341 e. The summed E-state index contributed by atoms with van der Waals surface area (Å²) in [7, 11) is 0. The van der Waals surface area contributed by atoms with E-state index in [1.165, 1.54) is 12.5 Å². The van der Waals surface area contributed by atoms with E-state index in [1.807, 2.05) is 0 Å². The fraction of sp³-hybridized carbons (Fsp3) is 0. The fourth-order valence-electron chi connectivity index (χ4n) is 1.11. The molecular formula is C9H7N5O2. The number of hydrogen-bond acceptors (Lipinski definition) is 6. The molecule has 0 aliphatic rings. The SMILES string of the molecule is Nc1nc(-c2ccncn2)ncc1C(=O)O. The van der Waals surface area contributed by atoms with Gasteiger partial charge in [-0.15, -0.1) is 0 Å². The lowest BCUT2D eigenvalue weighted by Gasteiger charge is -2.02. The third-order valence-electron chi connectivity index (χ3n) is 1.86. The molecule has 0 aliphatic carbocycles. The van der Waals surface area contributed by atoms with Gasteiger partial charge in [0.15, 0.2) is 5.82 Å². The highest BCUT2D eigenvalue weighted by Gasteiger charge is 2.11. The molecule has 0 aromatic carbocycles. The van der Waals surface area contributed by atoms with Crippen LogP contribution in [0.3, 0.4) is 0 Å². The summed E-state index contributed by atoms with van der Waals surface area (Å²) in [5, 5.41) is 8.74. The molecule has 2 aromatic heterocycles. The molecule has 2 aromatic rings. The highest BCUT2D eigenvalue weighted by Crippen LogP contribution is 2.14. The number of nitrogens with zero attached hydrogens (tertiary/aromatic N) is 4. The molecule has 0 unspecified atom stereocenters. The number of carboxylic acids is 1. The molecule has 0 saturated carbocycles. The van der Waals surface area contributed by atoms with Crippen molar-refractivity contribution in [2.45, 2.75) is 0 Å². The van der Waals surface area contributed by atoms with Crippen molar-refractivity contribution < 1.29 is 9.90 Å². The Bertz CT molecular complexity index is 529. The maximum atomic E-state index is 10.7. The van der Waals surface area contributed by atoms with Gasteiger partial charge in [0.05, 0.1) is 0 Å². The Balaban J connectivity index is 2.46. The van der Waals surface area contributed by atoms with E-state index in [0.29, 0.717) is 5.69 Å². The van der Waals surface area contributed by atoms with Gasteiger partial charge in [0.2, 0.25) is 0 Å². The minimum absolute atomic E-state index is 0.0869. The van der Waals surface area contributed by atoms with Crippen LogP contribution in [0.2, 0.25) is 0 Å². The van der Waals surface area contributed by atoms with E-state index in [0.717, 1.165) is 6.20 Å². The molecule has 0 amide bonds. The molecule has 0 radical (unpaired) electrons. The van der Waals surface area contributed by atoms with E-state index < -0.39 is 5.97 Å². The van der Waals surface area contributed by atoms with Crippen LogP contribution in [-0.4, -0.2) is 31.0 Å². The van der Waals surface area contributed by atoms with Crippen molar-refractivity contribution in [1.82, 2.24) is 19.9 Å². The van der Waals surface area contributed by atoms with Crippen LogP contribution in [0.25, 0.3) is 11.5 Å². The van der Waals surface area contributed by atoms with Gasteiger partial charge >= 0.3 is 5.97 Å². The first-order valence-electron chi connectivity index (χ1n) is 4.30. The van der Waals surface area contributed by atoms with Crippen LogP contribution in [0.4, 0.5) is 5.82 Å². The van der Waals surface area contributed by atoms with Crippen molar-refractivity contribution in [3.8, 4) is 11.5 Å². The van der Waals surface area contributed by atoms with Gasteiger partial charge in [0.1, 0.15) is 23.4 Å². The molecule has 16 heavy (non-hydrogen) atoms. The minimum atomic E-state index is -1.16. The summed E-state index contributed by atoms with van der Waals surface area (Å²) < 4.78 is 0. The van der Waals surface area contributed by atoms with Crippen LogP contribution in [0.5, 0.6) is 0 Å². The zero-order chi connectivity index (χ0) is 11.5. The first kappa shape index (κ1) is 9.97. The highest BCUT2D eigenvalue weighted by atomic mass is 16.4. The van der Waals surface area contributed by atoms with E-state index >= 15 is 0 Å². The van der Waals surface area contributed by atoms with E-state index in [1.54, 1.807) is 6.07 Å². The molecule has 0 bridgehead atoms. The number of aromatic nitrogens is 4. The highest BCUT2D eigenvalue weighted by molar-refractivity contribution is 5.92. The Morgan fingerprint density at radius 3 is 2.75 bits per heavy atom. The first-order chi connectivity index (χ1) is 7.68. The normalized spacial score (nSPS) is 10.0. The average Bonchev–Trinajstić information content (AvgIpc) is 2.29. The predicted molar refractivity (Wildman–Crippen MR) is 54.4 cm³/mol. The third kappa shape index (κ3) is 1.78. The number of aromatic carboxylic acids is 1. The standard InChI is InChI=1S/C9H7N5O2/c10-7-5(9(15)16)3-12-8(14-7)6-1-2-11-4-13-6/h1-4H,(H,15,16)(H2,10,12,14). The summed E-state index contributed by atoms with van der Waals surface area (Å²) >= 11 is 0. The van der Waals surface area contributed by atoms with Crippen LogP contribution in [-0.2, 0) is 0 Å². The second-order valence-electron chi connectivity index (χ2n) is 2.89. The molecular weight excluding hydrogens is 210 g/mol. The van der Waals surface area contributed by atoms with Gasteiger partial charge in [0.25, 0.3) is 0 Å². The van der Waals surface area contributed by atoms with E-state index in [9.17, 15) is 4.79 Å². The van der Waals surface area contributed by atoms with Gasteiger partial charge in [-0.3, -0.25) is 0 Å². The van der Waals surface area contributed by atoms with Crippen molar-refractivity contribution in [2.75, 3.05) is 5.73 Å². The number of nitrogen functional groups attached to an aromatic ring is 1. The monoisotopic (exact) mass is 217 g/mol. The number of hydrogen-bond donors (Lipinski definition) is 2. The van der Waals surface area contributed by atoms with Crippen LogP contribution < -0.4 is 5.73 Å². The van der Waals surface area contributed by atoms with Gasteiger partial charge in [-0.25, -0.2) is 24.7 Å². The summed E-state index contributed by atoms with van der Waals surface area (Å²) in [4.78, 5) is 26.1. The van der Waals surface area contributed by atoms with Crippen molar-refractivity contribution in [3.63, 3.8) is 0 Å². The Kier molecular flexibility index (Phi) is 2.42. The summed E-state index contributed by atoms with van der Waals surface area (Å²) in [6, 6.07) is 1.61. The van der Waals surface area contributed by atoms with Crippen molar-refractivity contribution in [2.24, 2.45) is 0 Å². The lowest BCUT2D eigenvalue weighted by Crippen LogP contribution is -2.07. The zero-order valence-electron chi connectivity index (χ0n) is 8.03. The molecule has 0 fully saturated rings. The Morgan fingerprint density at radius 1 is 1.38 bits per heavy atom. The average molecular weight is 217 g/mol.